The summed E-state index contributed by atoms with van der Waals surface area (Å²) in [5.74, 6) is -0.102. The number of anilines is 1. The number of carbonyl (C=O) groups excluding carboxylic acids is 1. The minimum absolute atomic E-state index is 0.102. The number of halogens is 1. The van der Waals surface area contributed by atoms with E-state index in [-0.39, 0.29) is 11.9 Å². The normalized spacial score (nSPS) is 13.6. The molecule has 0 spiro atoms. The standard InChI is InChI=1S/C17H17ClN4OS/c1-11(17-21-12-6-3-4-8-14(12)24-17)22(2)10-15(23)20-13-7-5-9-19-16(13)18/h3-9,11H,10H2,1-2H3,(H,20,23)/p+1/t11-/m0/s1. The van der Waals surface area contributed by atoms with Crippen molar-refractivity contribution < 1.29 is 9.69 Å². The van der Waals surface area contributed by atoms with E-state index in [9.17, 15) is 4.79 Å². The Hall–Kier alpha value is -2.02. The highest BCUT2D eigenvalue weighted by molar-refractivity contribution is 7.18. The minimum atomic E-state index is -0.102. The number of hydrogen-bond donors (Lipinski definition) is 2. The molecule has 7 heteroatoms. The van der Waals surface area contributed by atoms with E-state index >= 15 is 0 Å². The first-order chi connectivity index (χ1) is 11.5. The summed E-state index contributed by atoms with van der Waals surface area (Å²) in [6.07, 6.45) is 1.59. The Bertz CT molecular complexity index is 833. The van der Waals surface area contributed by atoms with E-state index in [0.717, 1.165) is 15.4 Å². The highest BCUT2D eigenvalue weighted by atomic mass is 35.5. The van der Waals surface area contributed by atoms with E-state index in [1.807, 2.05) is 25.2 Å². The van der Waals surface area contributed by atoms with Crippen molar-refractivity contribution in [1.82, 2.24) is 9.97 Å². The maximum atomic E-state index is 12.2. The summed E-state index contributed by atoms with van der Waals surface area (Å²) in [5, 5.41) is 4.13. The lowest BCUT2D eigenvalue weighted by Gasteiger charge is -2.19. The van der Waals surface area contributed by atoms with Gasteiger partial charge in [-0.25, -0.2) is 9.97 Å². The molecule has 0 aliphatic heterocycles. The number of thiazole rings is 1. The first-order valence-electron chi connectivity index (χ1n) is 7.62. The average Bonchev–Trinajstić information content (AvgIpc) is 3.00. The van der Waals surface area contributed by atoms with Gasteiger partial charge in [-0.2, -0.15) is 0 Å². The van der Waals surface area contributed by atoms with E-state index in [1.54, 1.807) is 29.7 Å². The van der Waals surface area contributed by atoms with Gasteiger partial charge in [0.25, 0.3) is 5.91 Å². The number of aromatic nitrogens is 2. The highest BCUT2D eigenvalue weighted by Crippen LogP contribution is 2.24. The molecule has 0 saturated heterocycles. The van der Waals surface area contributed by atoms with Gasteiger partial charge in [0.1, 0.15) is 6.04 Å². The van der Waals surface area contributed by atoms with Crippen LogP contribution in [0.4, 0.5) is 5.69 Å². The fourth-order valence-electron chi connectivity index (χ4n) is 2.37. The fourth-order valence-corrected chi connectivity index (χ4v) is 3.64. The molecule has 3 aromatic rings. The molecule has 0 fully saturated rings. The highest BCUT2D eigenvalue weighted by Gasteiger charge is 2.22. The third-order valence-electron chi connectivity index (χ3n) is 3.89. The molecule has 1 amide bonds. The van der Waals surface area contributed by atoms with E-state index in [4.69, 9.17) is 11.6 Å². The smallest absolute Gasteiger partial charge is 0.279 e. The number of likely N-dealkylation sites (N-methyl/N-ethyl adjacent to an activating group) is 1. The summed E-state index contributed by atoms with van der Waals surface area (Å²) in [6, 6.07) is 11.7. The second-order valence-electron chi connectivity index (χ2n) is 5.65. The maximum absolute atomic E-state index is 12.2. The molecule has 0 aliphatic rings. The first kappa shape index (κ1) is 16.8. The number of quaternary nitrogens is 1. The molecule has 2 atom stereocenters. The maximum Gasteiger partial charge on any atom is 0.279 e. The lowest BCUT2D eigenvalue weighted by atomic mass is 10.3. The third kappa shape index (κ3) is 3.72. The second kappa shape index (κ2) is 7.25. The lowest BCUT2D eigenvalue weighted by molar-refractivity contribution is -0.902. The van der Waals surface area contributed by atoms with Gasteiger partial charge in [0.2, 0.25) is 0 Å². The monoisotopic (exact) mass is 361 g/mol. The second-order valence-corrected chi connectivity index (χ2v) is 7.07. The van der Waals surface area contributed by atoms with Gasteiger partial charge in [-0.15, -0.1) is 11.3 Å². The molecule has 2 N–H and O–H groups in total. The average molecular weight is 362 g/mol. The number of amides is 1. The van der Waals surface area contributed by atoms with E-state index < -0.39 is 0 Å². The number of rotatable bonds is 5. The summed E-state index contributed by atoms with van der Waals surface area (Å²) < 4.78 is 1.17. The number of hydrogen-bond acceptors (Lipinski definition) is 4. The largest absolute Gasteiger partial charge is 0.322 e. The van der Waals surface area contributed by atoms with Crippen LogP contribution in [0.15, 0.2) is 42.6 Å². The topological polar surface area (TPSA) is 59.3 Å². The molecule has 0 aliphatic carbocycles. The quantitative estimate of drug-likeness (QED) is 0.687. The minimum Gasteiger partial charge on any atom is -0.322 e. The predicted octanol–water partition coefficient (Wildman–Crippen LogP) is 2.56. The van der Waals surface area contributed by atoms with Gasteiger partial charge in [0, 0.05) is 6.20 Å². The SMILES string of the molecule is C[C@@H](c1nc2ccccc2s1)[NH+](C)CC(=O)Nc1cccnc1Cl. The van der Waals surface area contributed by atoms with Gasteiger partial charge < -0.3 is 10.2 Å². The van der Waals surface area contributed by atoms with Gasteiger partial charge >= 0.3 is 0 Å². The van der Waals surface area contributed by atoms with Crippen molar-refractivity contribution in [3.63, 3.8) is 0 Å². The molecule has 24 heavy (non-hydrogen) atoms. The molecule has 124 valence electrons. The third-order valence-corrected chi connectivity index (χ3v) is 5.41. The number of benzene rings is 1. The number of nitrogens with one attached hydrogen (secondary N) is 2. The van der Waals surface area contributed by atoms with Crippen LogP contribution >= 0.6 is 22.9 Å². The lowest BCUT2D eigenvalue weighted by Crippen LogP contribution is -3.10. The van der Waals surface area contributed by atoms with Gasteiger partial charge in [-0.05, 0) is 31.2 Å². The molecule has 2 aromatic heterocycles. The summed E-state index contributed by atoms with van der Waals surface area (Å²) in [4.78, 5) is 21.9. The Labute approximate surface area is 149 Å². The van der Waals surface area contributed by atoms with Gasteiger partial charge in [0.15, 0.2) is 16.7 Å². The first-order valence-corrected chi connectivity index (χ1v) is 8.82. The van der Waals surface area contributed by atoms with Gasteiger partial charge in [-0.1, -0.05) is 23.7 Å². The zero-order valence-corrected chi connectivity index (χ0v) is 15.0. The van der Waals surface area contributed by atoms with Gasteiger partial charge in [0.05, 0.1) is 23.0 Å². The van der Waals surface area contributed by atoms with Crippen molar-refractivity contribution in [2.75, 3.05) is 18.9 Å². The van der Waals surface area contributed by atoms with Crippen LogP contribution in [0.3, 0.4) is 0 Å². The van der Waals surface area contributed by atoms with Crippen molar-refractivity contribution in [2.45, 2.75) is 13.0 Å². The Kier molecular flexibility index (Phi) is 5.08. The summed E-state index contributed by atoms with van der Waals surface area (Å²) in [5.41, 5.74) is 1.54. The fraction of sp³-hybridized carbons (Fsp3) is 0.235. The van der Waals surface area contributed by atoms with Crippen molar-refractivity contribution in [1.29, 1.82) is 0 Å². The zero-order chi connectivity index (χ0) is 17.1. The van der Waals surface area contributed by atoms with Crippen molar-refractivity contribution >= 4 is 44.7 Å². The van der Waals surface area contributed by atoms with Crippen LogP contribution in [-0.4, -0.2) is 29.5 Å². The van der Waals surface area contributed by atoms with Crippen LogP contribution < -0.4 is 10.2 Å². The molecule has 3 rings (SSSR count). The van der Waals surface area contributed by atoms with Crippen LogP contribution in [-0.2, 0) is 4.79 Å². The molecule has 5 nitrogen and oxygen atoms in total. The van der Waals surface area contributed by atoms with Crippen LogP contribution in [0.2, 0.25) is 5.15 Å². The van der Waals surface area contributed by atoms with Crippen LogP contribution in [0.1, 0.15) is 18.0 Å². The van der Waals surface area contributed by atoms with E-state index in [2.05, 4.69) is 28.3 Å². The number of nitrogens with zero attached hydrogens (tertiary/aromatic N) is 2. The molecule has 1 aromatic carbocycles. The van der Waals surface area contributed by atoms with E-state index in [0.29, 0.717) is 17.4 Å². The Balaban J connectivity index is 1.66. The molecule has 0 bridgehead atoms. The number of carbonyl (C=O) groups is 1. The molecule has 0 radical (unpaired) electrons. The number of pyridine rings is 1. The molecular weight excluding hydrogens is 344 g/mol. The van der Waals surface area contributed by atoms with Crippen molar-refractivity contribution in [2.24, 2.45) is 0 Å². The van der Waals surface area contributed by atoms with Crippen molar-refractivity contribution in [3.8, 4) is 0 Å². The van der Waals surface area contributed by atoms with Crippen LogP contribution in [0.25, 0.3) is 10.2 Å². The van der Waals surface area contributed by atoms with Crippen molar-refractivity contribution in [3.05, 3.63) is 52.8 Å². The zero-order valence-electron chi connectivity index (χ0n) is 13.4. The number of fused-ring (bicyclic) bond motifs is 1. The summed E-state index contributed by atoms with van der Waals surface area (Å²) in [6.45, 7) is 2.40. The molecular formula is C17H18ClN4OS+. The molecule has 0 saturated carbocycles. The molecule has 2 heterocycles. The van der Waals surface area contributed by atoms with E-state index in [1.165, 1.54) is 4.70 Å². The molecule has 1 unspecified atom stereocenters. The Morgan fingerprint density at radius 1 is 1.33 bits per heavy atom. The predicted molar refractivity (Wildman–Crippen MR) is 97.7 cm³/mol. The summed E-state index contributed by atoms with van der Waals surface area (Å²) >= 11 is 7.64. The van der Waals surface area contributed by atoms with Crippen LogP contribution in [0, 0.1) is 0 Å². The Morgan fingerprint density at radius 2 is 2.12 bits per heavy atom. The van der Waals surface area contributed by atoms with Gasteiger partial charge in [-0.3, -0.25) is 4.79 Å². The van der Waals surface area contributed by atoms with Crippen LogP contribution in [0.5, 0.6) is 0 Å². The summed E-state index contributed by atoms with van der Waals surface area (Å²) in [7, 11) is 1.99. The number of para-hydroxylation sites is 1. The Morgan fingerprint density at radius 3 is 2.88 bits per heavy atom.